The van der Waals surface area contributed by atoms with Crippen LogP contribution in [-0.2, 0) is 27.9 Å². The van der Waals surface area contributed by atoms with Crippen molar-refractivity contribution in [3.63, 3.8) is 0 Å². The number of phosphoric acid groups is 1. The number of carbonyl (C=O) groups excluding carboxylic acids is 2. The molecule has 0 aliphatic heterocycles. The van der Waals surface area contributed by atoms with E-state index in [1.165, 1.54) is 199 Å². The van der Waals surface area contributed by atoms with Crippen LogP contribution < -0.4 is 5.32 Å². The lowest BCUT2D eigenvalue weighted by Gasteiger charge is -2.27. The van der Waals surface area contributed by atoms with Crippen LogP contribution in [0.25, 0.3) is 0 Å². The van der Waals surface area contributed by atoms with Gasteiger partial charge < -0.3 is 19.4 Å². The first-order chi connectivity index (χ1) is 34.9. The molecule has 1 amide bonds. The Labute approximate surface area is 446 Å². The molecule has 0 heterocycles. The van der Waals surface area contributed by atoms with Crippen LogP contribution in [0.3, 0.4) is 0 Å². The van der Waals surface area contributed by atoms with Gasteiger partial charge in [-0.3, -0.25) is 18.6 Å². The maximum Gasteiger partial charge on any atom is 0.472 e. The molecule has 0 aliphatic carbocycles. The van der Waals surface area contributed by atoms with E-state index in [-0.39, 0.29) is 31.5 Å². The van der Waals surface area contributed by atoms with E-state index < -0.39 is 20.0 Å². The summed E-state index contributed by atoms with van der Waals surface area (Å²) in [6.45, 7) is 7.01. The van der Waals surface area contributed by atoms with Crippen LogP contribution in [0, 0.1) is 0 Å². The minimum absolute atomic E-state index is 0.0419. The first kappa shape index (κ1) is 70.2. The smallest absolute Gasteiger partial charge is 0.456 e. The molecule has 0 aromatic rings. The summed E-state index contributed by atoms with van der Waals surface area (Å²) in [5.74, 6) is -0.498. The van der Waals surface area contributed by atoms with Crippen molar-refractivity contribution in [1.29, 1.82) is 0 Å². The predicted molar refractivity (Wildman–Crippen MR) is 309 cm³/mol. The fourth-order valence-corrected chi connectivity index (χ4v) is 9.77. The zero-order valence-electron chi connectivity index (χ0n) is 48.4. The second kappa shape index (κ2) is 52.7. The molecule has 10 heteroatoms. The van der Waals surface area contributed by atoms with Gasteiger partial charge in [-0.05, 0) is 63.9 Å². The molecule has 0 spiro atoms. The van der Waals surface area contributed by atoms with Crippen LogP contribution in [0.2, 0.25) is 0 Å². The van der Waals surface area contributed by atoms with Crippen molar-refractivity contribution in [2.75, 3.05) is 40.9 Å². The highest BCUT2D eigenvalue weighted by molar-refractivity contribution is 7.47. The Hall–Kier alpha value is -1.77. The van der Waals surface area contributed by atoms with E-state index in [0.29, 0.717) is 17.4 Å². The molecule has 0 aromatic heterocycles. The van der Waals surface area contributed by atoms with Gasteiger partial charge in [0.15, 0.2) is 0 Å². The minimum Gasteiger partial charge on any atom is -0.456 e. The first-order valence-corrected chi connectivity index (χ1v) is 32.3. The van der Waals surface area contributed by atoms with Gasteiger partial charge in [0, 0.05) is 12.8 Å². The van der Waals surface area contributed by atoms with Gasteiger partial charge in [-0.2, -0.15) is 0 Å². The summed E-state index contributed by atoms with van der Waals surface area (Å²) in [6, 6.07) is -0.845. The van der Waals surface area contributed by atoms with E-state index in [1.54, 1.807) is 0 Å². The number of quaternary nitrogens is 1. The lowest BCUT2D eigenvalue weighted by atomic mass is 10.0. The Bertz CT molecular complexity index is 1330. The summed E-state index contributed by atoms with van der Waals surface area (Å²) in [4.78, 5) is 37.7. The molecule has 0 rings (SSSR count). The second-order valence-electron chi connectivity index (χ2n) is 22.2. The Kier molecular flexibility index (Phi) is 51.4. The molecule has 72 heavy (non-hydrogen) atoms. The highest BCUT2D eigenvalue weighted by Gasteiger charge is 2.30. The number of allylic oxidation sites excluding steroid dienone is 5. The summed E-state index contributed by atoms with van der Waals surface area (Å²) >= 11 is 0. The highest BCUT2D eigenvalue weighted by atomic mass is 31.2. The first-order valence-electron chi connectivity index (χ1n) is 30.8. The number of unbranched alkanes of at least 4 members (excludes halogenated alkanes) is 36. The average molecular weight is 1040 g/mol. The van der Waals surface area contributed by atoms with Gasteiger partial charge in [-0.15, -0.1) is 0 Å². The van der Waals surface area contributed by atoms with E-state index in [9.17, 15) is 19.0 Å². The lowest BCUT2D eigenvalue weighted by molar-refractivity contribution is -0.870. The Balaban J connectivity index is 5.21. The molecular formula is C62H120N2O7P+. The number of nitrogens with zero attached hydrogens (tertiary/aromatic N) is 1. The SMILES string of the molecule is CCCCC/C=C\C/C=C\CCCCCCCCCCCC(=O)OC(/C=C/CCCCCCCCCCC)C(COP(=O)(O)OCC[N+](C)(C)C)NC(=O)CCCCCCCCCCCCCCCCCC. The highest BCUT2D eigenvalue weighted by Crippen LogP contribution is 2.43. The van der Waals surface area contributed by atoms with Crippen molar-refractivity contribution < 1.29 is 37.3 Å². The van der Waals surface area contributed by atoms with Crippen molar-refractivity contribution in [3.05, 3.63) is 36.5 Å². The maximum atomic E-state index is 13.5. The fourth-order valence-electron chi connectivity index (χ4n) is 9.03. The van der Waals surface area contributed by atoms with E-state index >= 15 is 0 Å². The quantitative estimate of drug-likeness (QED) is 0.0205. The molecule has 0 saturated heterocycles. The van der Waals surface area contributed by atoms with Gasteiger partial charge in [0.1, 0.15) is 19.3 Å². The number of rotatable bonds is 56. The average Bonchev–Trinajstić information content (AvgIpc) is 3.34. The van der Waals surface area contributed by atoms with Crippen molar-refractivity contribution in [1.82, 2.24) is 5.32 Å². The standard InChI is InChI=1S/C62H119N2O7P/c1-7-10-13-16-19-22-25-27-29-31-32-33-35-37-40-43-46-49-52-55-62(66)71-60(53-50-47-44-41-38-24-21-18-15-12-9-3)59(58-70-72(67,68)69-57-56-64(4,5)6)63-61(65)54-51-48-45-42-39-36-34-30-28-26-23-20-17-14-11-8-2/h19,22,27,29,50,53,59-60H,7-18,20-21,23-26,28,30-49,51-52,54-58H2,1-6H3,(H-,63,65,67,68)/p+1/b22-19-,29-27-,53-50+. The van der Waals surface area contributed by atoms with Gasteiger partial charge in [0.05, 0.1) is 33.8 Å². The van der Waals surface area contributed by atoms with Crippen molar-refractivity contribution in [2.24, 2.45) is 0 Å². The lowest BCUT2D eigenvalue weighted by Crippen LogP contribution is -2.47. The molecule has 2 N–H and O–H groups in total. The Morgan fingerprint density at radius 3 is 1.28 bits per heavy atom. The molecular weight excluding hydrogens is 916 g/mol. The van der Waals surface area contributed by atoms with Crippen molar-refractivity contribution >= 4 is 19.7 Å². The molecule has 0 aliphatic rings. The van der Waals surface area contributed by atoms with Gasteiger partial charge in [-0.25, -0.2) is 4.57 Å². The third kappa shape index (κ3) is 53.1. The zero-order valence-corrected chi connectivity index (χ0v) is 49.3. The largest absolute Gasteiger partial charge is 0.472 e. The third-order valence-electron chi connectivity index (χ3n) is 13.8. The zero-order chi connectivity index (χ0) is 52.9. The summed E-state index contributed by atoms with van der Waals surface area (Å²) in [7, 11) is 1.50. The molecule has 0 aromatic carbocycles. The van der Waals surface area contributed by atoms with Crippen LogP contribution in [0.4, 0.5) is 0 Å². The number of nitrogens with one attached hydrogen (secondary N) is 1. The number of hydrogen-bond acceptors (Lipinski definition) is 6. The fraction of sp³-hybridized carbons (Fsp3) is 0.871. The van der Waals surface area contributed by atoms with Gasteiger partial charge >= 0.3 is 13.8 Å². The van der Waals surface area contributed by atoms with E-state index in [4.69, 9.17) is 13.8 Å². The summed E-state index contributed by atoms with van der Waals surface area (Å²) in [6.07, 6.45) is 62.8. The molecule has 3 atom stereocenters. The summed E-state index contributed by atoms with van der Waals surface area (Å²) in [5.41, 5.74) is 0. The number of likely N-dealkylation sites (N-methyl/N-ethyl adjacent to an activating group) is 1. The molecule has 424 valence electrons. The monoisotopic (exact) mass is 1040 g/mol. The van der Waals surface area contributed by atoms with Gasteiger partial charge in [0.25, 0.3) is 0 Å². The number of amides is 1. The van der Waals surface area contributed by atoms with Crippen LogP contribution >= 0.6 is 7.82 Å². The van der Waals surface area contributed by atoms with E-state index in [1.807, 2.05) is 33.3 Å². The molecule has 0 radical (unpaired) electrons. The van der Waals surface area contributed by atoms with Gasteiger partial charge in [0.2, 0.25) is 5.91 Å². The summed E-state index contributed by atoms with van der Waals surface area (Å²) in [5, 5.41) is 3.06. The molecule has 0 fully saturated rings. The predicted octanol–water partition coefficient (Wildman–Crippen LogP) is 18.7. The second-order valence-corrected chi connectivity index (χ2v) is 23.7. The normalized spacial score (nSPS) is 13.9. The van der Waals surface area contributed by atoms with Crippen LogP contribution in [0.5, 0.6) is 0 Å². The third-order valence-corrected chi connectivity index (χ3v) is 14.8. The summed E-state index contributed by atoms with van der Waals surface area (Å²) < 4.78 is 30.7. The van der Waals surface area contributed by atoms with Crippen LogP contribution in [-0.4, -0.2) is 74.3 Å². The van der Waals surface area contributed by atoms with E-state index in [0.717, 1.165) is 64.2 Å². The molecule has 0 bridgehead atoms. The van der Waals surface area contributed by atoms with E-state index in [2.05, 4.69) is 50.4 Å². The van der Waals surface area contributed by atoms with Crippen LogP contribution in [0.15, 0.2) is 36.5 Å². The Morgan fingerprint density at radius 2 is 0.847 bits per heavy atom. The number of ether oxygens (including phenoxy) is 1. The number of esters is 1. The van der Waals surface area contributed by atoms with Crippen molar-refractivity contribution in [2.45, 2.75) is 309 Å². The molecule has 0 saturated carbocycles. The maximum absolute atomic E-state index is 13.5. The van der Waals surface area contributed by atoms with Gasteiger partial charge in [-0.1, -0.05) is 257 Å². The number of hydrogen-bond donors (Lipinski definition) is 2. The molecule has 9 nitrogen and oxygen atoms in total. The van der Waals surface area contributed by atoms with Crippen molar-refractivity contribution in [3.8, 4) is 0 Å². The Morgan fingerprint density at radius 1 is 0.486 bits per heavy atom. The van der Waals surface area contributed by atoms with Crippen LogP contribution in [0.1, 0.15) is 297 Å². The topological polar surface area (TPSA) is 111 Å². The number of carbonyl (C=O) groups is 2. The number of phosphoric ester groups is 1. The molecule has 3 unspecified atom stereocenters. The minimum atomic E-state index is -4.44.